The molecule has 0 spiro atoms. The summed E-state index contributed by atoms with van der Waals surface area (Å²) in [7, 11) is 0. The fraction of sp³-hybridized carbons (Fsp3) is 0. The molecule has 4 nitrogen and oxygen atoms in total. The van der Waals surface area contributed by atoms with E-state index in [0.29, 0.717) is 17.5 Å². The molecule has 5 heteroatoms. The number of furan rings is 1. The van der Waals surface area contributed by atoms with E-state index in [2.05, 4.69) is 115 Å². The Morgan fingerprint density at radius 1 is 0.396 bits per heavy atom. The SMILES string of the molecule is c1ccc(-c2ccc3cc(-c4nc(-c5ccc6c(c5)sc5ccccc56)nc(-c5cccc6oc7ccccc7c56)n4)ccc3c2)cc1. The van der Waals surface area contributed by atoms with E-state index in [4.69, 9.17) is 19.4 Å². The summed E-state index contributed by atoms with van der Waals surface area (Å²) < 4.78 is 8.72. The molecule has 0 radical (unpaired) electrons. The molecule has 10 aromatic rings. The molecule has 0 amide bonds. The first-order valence-electron chi connectivity index (χ1n) is 15.9. The van der Waals surface area contributed by atoms with E-state index in [9.17, 15) is 0 Å². The van der Waals surface area contributed by atoms with Gasteiger partial charge in [-0.1, -0.05) is 115 Å². The number of hydrogen-bond donors (Lipinski definition) is 0. The minimum Gasteiger partial charge on any atom is -0.456 e. The van der Waals surface area contributed by atoms with E-state index in [1.54, 1.807) is 11.3 Å². The summed E-state index contributed by atoms with van der Waals surface area (Å²) in [6.45, 7) is 0. The average Bonchev–Trinajstić information content (AvgIpc) is 3.73. The van der Waals surface area contributed by atoms with Gasteiger partial charge in [0.25, 0.3) is 0 Å². The Kier molecular flexibility index (Phi) is 6.01. The van der Waals surface area contributed by atoms with Crippen LogP contribution in [-0.4, -0.2) is 15.0 Å². The van der Waals surface area contributed by atoms with Gasteiger partial charge in [-0.3, -0.25) is 0 Å². The Bertz CT molecular complexity index is 2850. The molecule has 3 heterocycles. The summed E-state index contributed by atoms with van der Waals surface area (Å²) in [6.07, 6.45) is 0. The van der Waals surface area contributed by atoms with E-state index in [1.165, 1.54) is 36.7 Å². The first-order valence-corrected chi connectivity index (χ1v) is 16.7. The number of para-hydroxylation sites is 1. The van der Waals surface area contributed by atoms with Gasteiger partial charge in [0.05, 0.1) is 0 Å². The van der Waals surface area contributed by atoms with Crippen molar-refractivity contribution in [2.45, 2.75) is 0 Å². The highest BCUT2D eigenvalue weighted by molar-refractivity contribution is 7.25. The van der Waals surface area contributed by atoms with Crippen LogP contribution in [0.4, 0.5) is 0 Å². The molecule has 0 saturated carbocycles. The summed E-state index contributed by atoms with van der Waals surface area (Å²) in [5, 5.41) is 6.85. The minimum atomic E-state index is 0.614. The molecule has 0 saturated heterocycles. The largest absolute Gasteiger partial charge is 0.456 e. The monoisotopic (exact) mass is 631 g/mol. The number of thiophene rings is 1. The molecule has 0 aliphatic rings. The van der Waals surface area contributed by atoms with Crippen LogP contribution in [-0.2, 0) is 0 Å². The standard InChI is InChI=1S/C43H25N3OS/c1-2-9-26(10-3-1)27-17-18-29-24-30(20-19-28(29)23-27)41-44-42(31-21-22-33-32-11-5-7-16-38(32)48-39(33)25-31)46-43(45-41)35-13-8-15-37-40(35)34-12-4-6-14-36(34)47-37/h1-25H. The summed E-state index contributed by atoms with van der Waals surface area (Å²) in [4.78, 5) is 15.4. The van der Waals surface area contributed by atoms with Crippen molar-refractivity contribution < 1.29 is 4.42 Å². The average molecular weight is 632 g/mol. The van der Waals surface area contributed by atoms with Crippen molar-refractivity contribution in [1.29, 1.82) is 0 Å². The number of aromatic nitrogens is 3. The Morgan fingerprint density at radius 3 is 1.88 bits per heavy atom. The Balaban J connectivity index is 1.18. The van der Waals surface area contributed by atoms with Crippen molar-refractivity contribution in [2.24, 2.45) is 0 Å². The molecule has 0 fully saturated rings. The first-order chi connectivity index (χ1) is 23.7. The Morgan fingerprint density at radius 2 is 1.02 bits per heavy atom. The molecule has 48 heavy (non-hydrogen) atoms. The van der Waals surface area contributed by atoms with Crippen molar-refractivity contribution in [3.63, 3.8) is 0 Å². The lowest BCUT2D eigenvalue weighted by Gasteiger charge is -2.10. The third kappa shape index (κ3) is 4.40. The van der Waals surface area contributed by atoms with Crippen LogP contribution in [0.1, 0.15) is 0 Å². The van der Waals surface area contributed by atoms with E-state index < -0.39 is 0 Å². The maximum absolute atomic E-state index is 6.24. The highest BCUT2D eigenvalue weighted by Gasteiger charge is 2.18. The van der Waals surface area contributed by atoms with Crippen molar-refractivity contribution in [3.8, 4) is 45.3 Å². The van der Waals surface area contributed by atoms with Gasteiger partial charge < -0.3 is 4.42 Å². The molecule has 0 aliphatic carbocycles. The number of fused-ring (bicyclic) bond motifs is 7. The molecular weight excluding hydrogens is 607 g/mol. The van der Waals surface area contributed by atoms with Crippen LogP contribution >= 0.6 is 11.3 Å². The molecule has 0 N–H and O–H groups in total. The molecule has 7 aromatic carbocycles. The van der Waals surface area contributed by atoms with Gasteiger partial charge >= 0.3 is 0 Å². The molecule has 0 atom stereocenters. The lowest BCUT2D eigenvalue weighted by atomic mass is 10.00. The quantitative estimate of drug-likeness (QED) is 0.194. The van der Waals surface area contributed by atoms with Gasteiger partial charge in [-0.2, -0.15) is 0 Å². The van der Waals surface area contributed by atoms with Crippen molar-refractivity contribution in [1.82, 2.24) is 15.0 Å². The van der Waals surface area contributed by atoms with E-state index in [0.717, 1.165) is 44.0 Å². The summed E-state index contributed by atoms with van der Waals surface area (Å²) in [5.74, 6) is 1.88. The zero-order valence-corrected chi connectivity index (χ0v) is 26.4. The summed E-state index contributed by atoms with van der Waals surface area (Å²) in [5.41, 5.74) is 6.85. The zero-order chi connectivity index (χ0) is 31.6. The van der Waals surface area contributed by atoms with Gasteiger partial charge in [-0.05, 0) is 58.3 Å². The molecule has 0 unspecified atom stereocenters. The highest BCUT2D eigenvalue weighted by Crippen LogP contribution is 2.39. The second-order valence-corrected chi connectivity index (χ2v) is 13.1. The Labute approximate surface area is 279 Å². The molecule has 10 rings (SSSR count). The summed E-state index contributed by atoms with van der Waals surface area (Å²) >= 11 is 1.79. The number of rotatable bonds is 4. The normalized spacial score (nSPS) is 11.8. The predicted octanol–water partition coefficient (Wildman–Crippen LogP) is 12.0. The van der Waals surface area contributed by atoms with Gasteiger partial charge in [0.2, 0.25) is 0 Å². The van der Waals surface area contributed by atoms with Crippen LogP contribution in [0.3, 0.4) is 0 Å². The van der Waals surface area contributed by atoms with Gasteiger partial charge in [-0.15, -0.1) is 11.3 Å². The molecule has 3 aromatic heterocycles. The van der Waals surface area contributed by atoms with E-state index >= 15 is 0 Å². The van der Waals surface area contributed by atoms with Crippen LogP contribution in [0.5, 0.6) is 0 Å². The highest BCUT2D eigenvalue weighted by atomic mass is 32.1. The minimum absolute atomic E-state index is 0.614. The topological polar surface area (TPSA) is 51.8 Å². The van der Waals surface area contributed by atoms with Gasteiger partial charge in [-0.25, -0.2) is 15.0 Å². The molecule has 0 bridgehead atoms. The molecular formula is C43H25N3OS. The third-order valence-electron chi connectivity index (χ3n) is 9.12. The number of nitrogens with zero attached hydrogens (tertiary/aromatic N) is 3. The fourth-order valence-corrected chi connectivity index (χ4v) is 7.92. The molecule has 224 valence electrons. The lowest BCUT2D eigenvalue weighted by molar-refractivity contribution is 0.669. The van der Waals surface area contributed by atoms with E-state index in [1.807, 2.05) is 36.4 Å². The first kappa shape index (κ1) is 27.0. The van der Waals surface area contributed by atoms with Gasteiger partial charge in [0, 0.05) is 47.6 Å². The number of hydrogen-bond acceptors (Lipinski definition) is 5. The molecule has 0 aliphatic heterocycles. The van der Waals surface area contributed by atoms with Crippen LogP contribution in [0, 0.1) is 0 Å². The smallest absolute Gasteiger partial charge is 0.164 e. The lowest BCUT2D eigenvalue weighted by Crippen LogP contribution is -2.00. The van der Waals surface area contributed by atoms with Crippen LogP contribution in [0.15, 0.2) is 156 Å². The van der Waals surface area contributed by atoms with Crippen LogP contribution in [0.25, 0.3) is 98.2 Å². The second-order valence-electron chi connectivity index (χ2n) is 12.0. The second kappa shape index (κ2) is 10.7. The number of benzene rings is 7. The third-order valence-corrected chi connectivity index (χ3v) is 10.3. The van der Waals surface area contributed by atoms with Crippen molar-refractivity contribution >= 4 is 64.2 Å². The zero-order valence-electron chi connectivity index (χ0n) is 25.6. The van der Waals surface area contributed by atoms with Crippen LogP contribution < -0.4 is 0 Å². The maximum Gasteiger partial charge on any atom is 0.164 e. The van der Waals surface area contributed by atoms with E-state index in [-0.39, 0.29) is 0 Å². The van der Waals surface area contributed by atoms with Crippen molar-refractivity contribution in [2.75, 3.05) is 0 Å². The van der Waals surface area contributed by atoms with Gasteiger partial charge in [0.15, 0.2) is 17.5 Å². The van der Waals surface area contributed by atoms with Crippen LogP contribution in [0.2, 0.25) is 0 Å². The summed E-state index contributed by atoms with van der Waals surface area (Å²) in [6, 6.07) is 52.8. The predicted molar refractivity (Wildman–Crippen MR) is 199 cm³/mol. The maximum atomic E-state index is 6.24. The van der Waals surface area contributed by atoms with Crippen molar-refractivity contribution in [3.05, 3.63) is 152 Å². The fourth-order valence-electron chi connectivity index (χ4n) is 6.78. The Hall–Kier alpha value is -6.17. The van der Waals surface area contributed by atoms with Gasteiger partial charge in [0.1, 0.15) is 11.2 Å².